The Morgan fingerprint density at radius 2 is 2.12 bits per heavy atom. The third-order valence-corrected chi connectivity index (χ3v) is 3.77. The summed E-state index contributed by atoms with van der Waals surface area (Å²) < 4.78 is 13.2. The van der Waals surface area contributed by atoms with Crippen molar-refractivity contribution in [3.8, 4) is 0 Å². The summed E-state index contributed by atoms with van der Waals surface area (Å²) in [7, 11) is 0. The molecule has 1 fully saturated rings. The summed E-state index contributed by atoms with van der Waals surface area (Å²) in [4.78, 5) is 0. The molecule has 1 N–H and O–H groups in total. The van der Waals surface area contributed by atoms with E-state index in [-0.39, 0.29) is 5.82 Å². The summed E-state index contributed by atoms with van der Waals surface area (Å²) in [6, 6.07) is 7.57. The minimum atomic E-state index is -0.117. The van der Waals surface area contributed by atoms with Crippen LogP contribution in [0.25, 0.3) is 0 Å². The van der Waals surface area contributed by atoms with Gasteiger partial charge in [0.05, 0.1) is 0 Å². The largest absolute Gasteiger partial charge is 0.314 e. The minimum absolute atomic E-state index is 0.117. The van der Waals surface area contributed by atoms with Gasteiger partial charge in [-0.05, 0) is 42.4 Å². The summed E-state index contributed by atoms with van der Waals surface area (Å²) in [5.74, 6) is -0.117. The lowest BCUT2D eigenvalue weighted by molar-refractivity contribution is 0.126. The number of nitrogens with one attached hydrogen (secondary N) is 1. The van der Waals surface area contributed by atoms with Crippen molar-refractivity contribution in [3.05, 3.63) is 35.6 Å². The molecule has 0 spiro atoms. The van der Waals surface area contributed by atoms with Gasteiger partial charge in [-0.1, -0.05) is 32.4 Å². The maximum absolute atomic E-state index is 13.2. The van der Waals surface area contributed by atoms with E-state index < -0.39 is 0 Å². The first-order chi connectivity index (χ1) is 8.10. The van der Waals surface area contributed by atoms with Crippen molar-refractivity contribution < 1.29 is 4.39 Å². The molecular weight excluding hydrogens is 213 g/mol. The van der Waals surface area contributed by atoms with Crippen molar-refractivity contribution in [1.82, 2.24) is 5.32 Å². The predicted molar refractivity (Wildman–Crippen MR) is 69.5 cm³/mol. The standard InChI is InChI=1S/C15H22FN/c1-12(2)17-11-15(7-4-8-15)10-13-5-3-6-14(16)9-13/h3,5-6,9,12,17H,4,7-8,10-11H2,1-2H3. The van der Waals surface area contributed by atoms with Crippen molar-refractivity contribution in [2.75, 3.05) is 6.54 Å². The van der Waals surface area contributed by atoms with E-state index >= 15 is 0 Å². The van der Waals surface area contributed by atoms with Gasteiger partial charge in [0.1, 0.15) is 5.82 Å². The predicted octanol–water partition coefficient (Wildman–Crippen LogP) is 3.54. The van der Waals surface area contributed by atoms with Crippen molar-refractivity contribution in [1.29, 1.82) is 0 Å². The van der Waals surface area contributed by atoms with Crippen molar-refractivity contribution >= 4 is 0 Å². The maximum atomic E-state index is 13.2. The lowest BCUT2D eigenvalue weighted by Crippen LogP contribution is -2.43. The molecule has 2 rings (SSSR count). The highest BCUT2D eigenvalue weighted by Crippen LogP contribution is 2.43. The molecule has 0 radical (unpaired) electrons. The smallest absolute Gasteiger partial charge is 0.123 e. The van der Waals surface area contributed by atoms with Crippen LogP contribution < -0.4 is 5.32 Å². The number of benzene rings is 1. The van der Waals surface area contributed by atoms with Gasteiger partial charge in [-0.25, -0.2) is 4.39 Å². The van der Waals surface area contributed by atoms with Gasteiger partial charge in [0.15, 0.2) is 0 Å². The number of hydrogen-bond acceptors (Lipinski definition) is 1. The van der Waals surface area contributed by atoms with E-state index in [0.29, 0.717) is 11.5 Å². The van der Waals surface area contributed by atoms with Crippen molar-refractivity contribution in [3.63, 3.8) is 0 Å². The molecule has 0 aromatic heterocycles. The molecule has 17 heavy (non-hydrogen) atoms. The zero-order chi connectivity index (χ0) is 12.3. The summed E-state index contributed by atoms with van der Waals surface area (Å²) in [5.41, 5.74) is 1.51. The fourth-order valence-electron chi connectivity index (χ4n) is 2.59. The van der Waals surface area contributed by atoms with Crippen LogP contribution in [0.4, 0.5) is 4.39 Å². The highest BCUT2D eigenvalue weighted by molar-refractivity contribution is 5.19. The van der Waals surface area contributed by atoms with Crippen molar-refractivity contribution in [2.24, 2.45) is 5.41 Å². The molecule has 94 valence electrons. The van der Waals surface area contributed by atoms with Crippen LogP contribution in [-0.2, 0) is 6.42 Å². The lowest BCUT2D eigenvalue weighted by Gasteiger charge is -2.43. The molecule has 0 heterocycles. The molecule has 0 unspecified atom stereocenters. The van der Waals surface area contributed by atoms with Gasteiger partial charge in [0.2, 0.25) is 0 Å². The molecule has 1 aliphatic carbocycles. The van der Waals surface area contributed by atoms with Gasteiger partial charge in [0, 0.05) is 12.6 Å². The average molecular weight is 235 g/mol. The topological polar surface area (TPSA) is 12.0 Å². The third-order valence-electron chi connectivity index (χ3n) is 3.77. The molecule has 1 aliphatic rings. The zero-order valence-corrected chi connectivity index (χ0v) is 10.8. The molecule has 1 aromatic carbocycles. The van der Waals surface area contributed by atoms with E-state index in [1.54, 1.807) is 6.07 Å². The molecule has 0 atom stereocenters. The fourth-order valence-corrected chi connectivity index (χ4v) is 2.59. The van der Waals surface area contributed by atoms with Gasteiger partial charge in [-0.3, -0.25) is 0 Å². The van der Waals surface area contributed by atoms with Crippen LogP contribution in [0.15, 0.2) is 24.3 Å². The van der Waals surface area contributed by atoms with Gasteiger partial charge >= 0.3 is 0 Å². The molecule has 0 bridgehead atoms. The summed E-state index contributed by atoms with van der Waals surface area (Å²) in [5, 5.41) is 3.53. The van der Waals surface area contributed by atoms with Crippen LogP contribution >= 0.6 is 0 Å². The zero-order valence-electron chi connectivity index (χ0n) is 10.8. The number of halogens is 1. The summed E-state index contributed by atoms with van der Waals surface area (Å²) in [6.45, 7) is 5.41. The van der Waals surface area contributed by atoms with E-state index in [4.69, 9.17) is 0 Å². The quantitative estimate of drug-likeness (QED) is 0.823. The summed E-state index contributed by atoms with van der Waals surface area (Å²) in [6.07, 6.45) is 4.85. The van der Waals surface area contributed by atoms with Gasteiger partial charge < -0.3 is 5.32 Å². The first kappa shape index (κ1) is 12.6. The Morgan fingerprint density at radius 3 is 2.65 bits per heavy atom. The highest BCUT2D eigenvalue weighted by atomic mass is 19.1. The Bertz CT molecular complexity index is 369. The second-order valence-electron chi connectivity index (χ2n) is 5.70. The molecule has 2 heteroatoms. The normalized spacial score (nSPS) is 18.1. The molecule has 1 nitrogen and oxygen atoms in total. The monoisotopic (exact) mass is 235 g/mol. The highest BCUT2D eigenvalue weighted by Gasteiger charge is 2.36. The van der Waals surface area contributed by atoms with Gasteiger partial charge in [-0.15, -0.1) is 0 Å². The Labute approximate surface area is 103 Å². The Balaban J connectivity index is 1.99. The van der Waals surface area contributed by atoms with Crippen LogP contribution in [0.1, 0.15) is 38.7 Å². The Morgan fingerprint density at radius 1 is 1.35 bits per heavy atom. The van der Waals surface area contributed by atoms with Gasteiger partial charge in [-0.2, -0.15) is 0 Å². The third kappa shape index (κ3) is 3.29. The second-order valence-corrected chi connectivity index (χ2v) is 5.70. The lowest BCUT2D eigenvalue weighted by atomic mass is 9.65. The molecule has 1 aromatic rings. The number of hydrogen-bond donors (Lipinski definition) is 1. The molecular formula is C15H22FN. The molecule has 0 amide bonds. The van der Waals surface area contributed by atoms with E-state index in [2.05, 4.69) is 19.2 Å². The van der Waals surface area contributed by atoms with Crippen LogP contribution in [0, 0.1) is 11.2 Å². The van der Waals surface area contributed by atoms with Crippen LogP contribution in [0.5, 0.6) is 0 Å². The van der Waals surface area contributed by atoms with Crippen LogP contribution in [-0.4, -0.2) is 12.6 Å². The maximum Gasteiger partial charge on any atom is 0.123 e. The van der Waals surface area contributed by atoms with E-state index in [0.717, 1.165) is 18.5 Å². The van der Waals surface area contributed by atoms with E-state index in [1.807, 2.05) is 12.1 Å². The fraction of sp³-hybridized carbons (Fsp3) is 0.600. The Kier molecular flexibility index (Phi) is 3.82. The number of rotatable bonds is 5. The first-order valence-corrected chi connectivity index (χ1v) is 6.58. The van der Waals surface area contributed by atoms with Gasteiger partial charge in [0.25, 0.3) is 0 Å². The molecule has 0 aliphatic heterocycles. The molecule has 1 saturated carbocycles. The SMILES string of the molecule is CC(C)NCC1(Cc2cccc(F)c2)CCC1. The van der Waals surface area contributed by atoms with E-state index in [1.165, 1.54) is 25.3 Å². The first-order valence-electron chi connectivity index (χ1n) is 6.58. The van der Waals surface area contributed by atoms with Crippen LogP contribution in [0.2, 0.25) is 0 Å². The summed E-state index contributed by atoms with van der Waals surface area (Å²) >= 11 is 0. The van der Waals surface area contributed by atoms with Crippen molar-refractivity contribution in [2.45, 2.75) is 45.6 Å². The average Bonchev–Trinajstić information content (AvgIpc) is 2.21. The molecule has 0 saturated heterocycles. The minimum Gasteiger partial charge on any atom is -0.314 e. The van der Waals surface area contributed by atoms with Crippen LogP contribution in [0.3, 0.4) is 0 Å². The Hall–Kier alpha value is -0.890. The van der Waals surface area contributed by atoms with E-state index in [9.17, 15) is 4.39 Å². The second kappa shape index (κ2) is 5.18.